The van der Waals surface area contributed by atoms with Crippen LogP contribution in [0.5, 0.6) is 0 Å². The van der Waals surface area contributed by atoms with Crippen LogP contribution in [-0.4, -0.2) is 65.7 Å². The Balaban J connectivity index is 1.51. The number of hydrogen-bond acceptors (Lipinski definition) is 5. The lowest BCUT2D eigenvalue weighted by Gasteiger charge is -2.37. The zero-order valence-electron chi connectivity index (χ0n) is 21.4. The van der Waals surface area contributed by atoms with E-state index in [1.54, 1.807) is 20.8 Å². The smallest absolute Gasteiger partial charge is 0.260 e. The van der Waals surface area contributed by atoms with Crippen LogP contribution in [0.4, 0.5) is 8.78 Å². The third-order valence-electron chi connectivity index (χ3n) is 8.46. The fourth-order valence-electron chi connectivity index (χ4n) is 5.92. The predicted octanol–water partition coefficient (Wildman–Crippen LogP) is 1.19. The Kier molecular flexibility index (Phi) is 6.33. The standard InChI is InChI=1S/C25H35F2N5O4/c1-23(2,3)18(31-20(34)14-9-25(14,26)27)22(36)32-11-15-16(24(15,4)5)17(32)21(35)30-13(10-28)8-12-6-7-29-19(12)33/h12-18H,6-9,11H2,1-5H3,(H,29,33)(H,30,35)(H,31,34). The number of piperidine rings is 1. The summed E-state index contributed by atoms with van der Waals surface area (Å²) in [5.74, 6) is -6.88. The van der Waals surface area contributed by atoms with Crippen LogP contribution in [0.25, 0.3) is 0 Å². The third kappa shape index (κ3) is 4.66. The average Bonchev–Trinajstić information content (AvgIpc) is 3.33. The van der Waals surface area contributed by atoms with Gasteiger partial charge in [-0.25, -0.2) is 8.78 Å². The summed E-state index contributed by atoms with van der Waals surface area (Å²) < 4.78 is 26.9. The van der Waals surface area contributed by atoms with Gasteiger partial charge in [-0.15, -0.1) is 0 Å². The first-order valence-electron chi connectivity index (χ1n) is 12.6. The molecule has 4 amide bonds. The van der Waals surface area contributed by atoms with E-state index in [0.29, 0.717) is 19.5 Å². The van der Waals surface area contributed by atoms with Crippen LogP contribution in [0, 0.1) is 45.8 Å². The van der Waals surface area contributed by atoms with Crippen molar-refractivity contribution in [3.05, 3.63) is 0 Å². The maximum Gasteiger partial charge on any atom is 0.260 e. The molecule has 11 heteroatoms. The molecule has 2 saturated carbocycles. The number of nitrogens with one attached hydrogen (secondary N) is 3. The van der Waals surface area contributed by atoms with Gasteiger partial charge in [0.2, 0.25) is 23.6 Å². The van der Waals surface area contributed by atoms with E-state index in [1.165, 1.54) is 4.90 Å². The van der Waals surface area contributed by atoms with Gasteiger partial charge < -0.3 is 20.9 Å². The molecule has 2 aliphatic carbocycles. The summed E-state index contributed by atoms with van der Waals surface area (Å²) in [4.78, 5) is 53.0. The van der Waals surface area contributed by atoms with Gasteiger partial charge in [0.15, 0.2) is 0 Å². The van der Waals surface area contributed by atoms with Gasteiger partial charge in [-0.1, -0.05) is 34.6 Å². The number of carbonyl (C=O) groups is 4. The molecule has 4 rings (SSSR count). The van der Waals surface area contributed by atoms with Gasteiger partial charge >= 0.3 is 0 Å². The van der Waals surface area contributed by atoms with E-state index >= 15 is 0 Å². The molecule has 0 bridgehead atoms. The number of amides is 4. The van der Waals surface area contributed by atoms with Crippen LogP contribution in [-0.2, 0) is 19.2 Å². The number of halogens is 2. The first-order valence-corrected chi connectivity index (χ1v) is 12.6. The fraction of sp³-hybridized carbons (Fsp3) is 0.800. The van der Waals surface area contributed by atoms with E-state index in [-0.39, 0.29) is 35.5 Å². The molecule has 4 aliphatic rings. The third-order valence-corrected chi connectivity index (χ3v) is 8.46. The highest BCUT2D eigenvalue weighted by molar-refractivity contribution is 5.95. The maximum atomic E-state index is 13.7. The average molecular weight is 508 g/mol. The molecule has 4 fully saturated rings. The molecule has 0 aromatic carbocycles. The zero-order valence-corrected chi connectivity index (χ0v) is 21.4. The number of hydrogen-bond donors (Lipinski definition) is 3. The molecule has 0 aromatic rings. The normalized spacial score (nSPS) is 33.0. The minimum Gasteiger partial charge on any atom is -0.356 e. The van der Waals surface area contributed by atoms with E-state index in [9.17, 15) is 33.2 Å². The number of alkyl halides is 2. The van der Waals surface area contributed by atoms with Crippen molar-refractivity contribution in [1.29, 1.82) is 5.26 Å². The molecule has 7 atom stereocenters. The highest BCUT2D eigenvalue weighted by Gasteiger charge is 2.70. The number of fused-ring (bicyclic) bond motifs is 1. The lowest BCUT2D eigenvalue weighted by atomic mass is 9.85. The largest absolute Gasteiger partial charge is 0.356 e. The monoisotopic (exact) mass is 507 g/mol. The molecule has 2 aliphatic heterocycles. The van der Waals surface area contributed by atoms with Gasteiger partial charge in [0, 0.05) is 25.4 Å². The van der Waals surface area contributed by atoms with Crippen molar-refractivity contribution in [2.24, 2.45) is 34.5 Å². The van der Waals surface area contributed by atoms with Crippen molar-refractivity contribution in [2.75, 3.05) is 13.1 Å². The number of nitrogens with zero attached hydrogens (tertiary/aromatic N) is 2. The van der Waals surface area contributed by atoms with Crippen LogP contribution < -0.4 is 16.0 Å². The molecule has 0 radical (unpaired) electrons. The Labute approximate surface area is 209 Å². The molecular formula is C25H35F2N5O4. The Morgan fingerprint density at radius 3 is 2.36 bits per heavy atom. The highest BCUT2D eigenvalue weighted by Crippen LogP contribution is 2.65. The number of likely N-dealkylation sites (tertiary alicyclic amines) is 1. The molecule has 3 N–H and O–H groups in total. The Bertz CT molecular complexity index is 1020. The van der Waals surface area contributed by atoms with Crippen LogP contribution in [0.2, 0.25) is 0 Å². The summed E-state index contributed by atoms with van der Waals surface area (Å²) in [6.07, 6.45) is 0.236. The van der Waals surface area contributed by atoms with Crippen LogP contribution in [0.15, 0.2) is 0 Å². The van der Waals surface area contributed by atoms with Crippen molar-refractivity contribution in [3.8, 4) is 6.07 Å². The van der Waals surface area contributed by atoms with Gasteiger partial charge in [-0.3, -0.25) is 19.2 Å². The van der Waals surface area contributed by atoms with E-state index in [0.717, 1.165) is 0 Å². The molecule has 0 spiro atoms. The molecule has 198 valence electrons. The quantitative estimate of drug-likeness (QED) is 0.476. The van der Waals surface area contributed by atoms with Gasteiger partial charge in [0.25, 0.3) is 5.92 Å². The molecule has 2 saturated heterocycles. The van der Waals surface area contributed by atoms with Crippen LogP contribution in [0.3, 0.4) is 0 Å². The molecular weight excluding hydrogens is 472 g/mol. The fourth-order valence-corrected chi connectivity index (χ4v) is 5.92. The Morgan fingerprint density at radius 2 is 1.86 bits per heavy atom. The van der Waals surface area contributed by atoms with Gasteiger partial charge in [0.05, 0.1) is 6.07 Å². The van der Waals surface area contributed by atoms with Gasteiger partial charge in [0.1, 0.15) is 24.0 Å². The van der Waals surface area contributed by atoms with E-state index in [4.69, 9.17) is 0 Å². The van der Waals surface area contributed by atoms with Crippen molar-refractivity contribution in [3.63, 3.8) is 0 Å². The second kappa shape index (κ2) is 8.67. The van der Waals surface area contributed by atoms with E-state index in [2.05, 4.69) is 22.0 Å². The highest BCUT2D eigenvalue weighted by atomic mass is 19.3. The minimum atomic E-state index is -3.06. The van der Waals surface area contributed by atoms with Crippen LogP contribution >= 0.6 is 0 Å². The van der Waals surface area contributed by atoms with Crippen molar-refractivity contribution in [1.82, 2.24) is 20.9 Å². The zero-order chi connectivity index (χ0) is 26.8. The lowest BCUT2D eigenvalue weighted by Crippen LogP contribution is -2.60. The summed E-state index contributed by atoms with van der Waals surface area (Å²) in [6, 6.07) is -0.779. The van der Waals surface area contributed by atoms with Crippen LogP contribution in [0.1, 0.15) is 53.9 Å². The summed E-state index contributed by atoms with van der Waals surface area (Å²) in [5, 5.41) is 17.6. The number of carbonyl (C=O) groups excluding carboxylic acids is 4. The molecule has 0 aromatic heterocycles. The van der Waals surface area contributed by atoms with E-state index < -0.39 is 59.5 Å². The summed E-state index contributed by atoms with van der Waals surface area (Å²) in [7, 11) is 0. The Morgan fingerprint density at radius 1 is 1.22 bits per heavy atom. The summed E-state index contributed by atoms with van der Waals surface area (Å²) >= 11 is 0. The van der Waals surface area contributed by atoms with Crippen molar-refractivity contribution >= 4 is 23.6 Å². The maximum absolute atomic E-state index is 13.7. The summed E-state index contributed by atoms with van der Waals surface area (Å²) in [5.41, 5.74) is -0.964. The van der Waals surface area contributed by atoms with E-state index in [1.807, 2.05) is 13.8 Å². The number of rotatable bonds is 7. The first kappa shape index (κ1) is 26.3. The van der Waals surface area contributed by atoms with Gasteiger partial charge in [-0.05, 0) is 35.5 Å². The first-order chi connectivity index (χ1) is 16.6. The second-order valence-corrected chi connectivity index (χ2v) is 12.4. The molecule has 36 heavy (non-hydrogen) atoms. The topological polar surface area (TPSA) is 131 Å². The second-order valence-electron chi connectivity index (χ2n) is 12.4. The molecule has 7 unspecified atom stereocenters. The SMILES string of the molecule is CC(C)(C)C(NC(=O)C1CC1(F)F)C(=O)N1CC2C(C1C(=O)NC(C#N)CC1CCNC1=O)C2(C)C. The summed E-state index contributed by atoms with van der Waals surface area (Å²) in [6.45, 7) is 10.1. The number of nitriles is 1. The van der Waals surface area contributed by atoms with Gasteiger partial charge in [-0.2, -0.15) is 5.26 Å². The van der Waals surface area contributed by atoms with Crippen molar-refractivity contribution in [2.45, 2.75) is 77.9 Å². The lowest BCUT2D eigenvalue weighted by molar-refractivity contribution is -0.146. The molecule has 9 nitrogen and oxygen atoms in total. The van der Waals surface area contributed by atoms with Crippen molar-refractivity contribution < 1.29 is 28.0 Å². The predicted molar refractivity (Wildman–Crippen MR) is 124 cm³/mol. The minimum absolute atomic E-state index is 0.0717. The molecule has 2 heterocycles. The Hall–Kier alpha value is -2.77.